The molecular weight excluding hydrogens is 396 g/mol. The summed E-state index contributed by atoms with van der Waals surface area (Å²) in [5.74, 6) is -0.529. The standard InChI is InChI=1S/C20H17ClN4O4/c1-22-17-8-6-13(10-18(17)25(28)29)20(27)23-15-7-9-19(26)24(12-15)11-14-4-2-3-5-16(14)21/h2-10,12,22H,11H2,1H3,(H,23,27). The van der Waals surface area contributed by atoms with Gasteiger partial charge in [-0.05, 0) is 29.8 Å². The highest BCUT2D eigenvalue weighted by Crippen LogP contribution is 2.25. The molecular formula is C20H17ClN4O4. The number of benzene rings is 2. The fraction of sp³-hybridized carbons (Fsp3) is 0.100. The average molecular weight is 413 g/mol. The van der Waals surface area contributed by atoms with Gasteiger partial charge in [0, 0.05) is 36.0 Å². The van der Waals surface area contributed by atoms with Crippen LogP contribution < -0.4 is 16.2 Å². The van der Waals surface area contributed by atoms with Crippen molar-refractivity contribution in [2.45, 2.75) is 6.54 Å². The van der Waals surface area contributed by atoms with E-state index in [-0.39, 0.29) is 23.4 Å². The van der Waals surface area contributed by atoms with Gasteiger partial charge in [0.2, 0.25) is 0 Å². The first-order valence-electron chi connectivity index (χ1n) is 8.60. The third-order valence-electron chi connectivity index (χ3n) is 4.27. The topological polar surface area (TPSA) is 106 Å². The van der Waals surface area contributed by atoms with Crippen LogP contribution in [-0.2, 0) is 6.54 Å². The van der Waals surface area contributed by atoms with Crippen LogP contribution >= 0.6 is 11.6 Å². The number of nitrogens with one attached hydrogen (secondary N) is 2. The van der Waals surface area contributed by atoms with E-state index >= 15 is 0 Å². The minimum atomic E-state index is -0.563. The highest BCUT2D eigenvalue weighted by atomic mass is 35.5. The summed E-state index contributed by atoms with van der Waals surface area (Å²) < 4.78 is 1.42. The summed E-state index contributed by atoms with van der Waals surface area (Å²) in [5.41, 5.74) is 1.11. The maximum atomic E-state index is 12.5. The van der Waals surface area contributed by atoms with E-state index in [0.29, 0.717) is 16.4 Å². The van der Waals surface area contributed by atoms with Crippen LogP contribution in [0, 0.1) is 10.1 Å². The second-order valence-electron chi connectivity index (χ2n) is 6.17. The maximum absolute atomic E-state index is 12.5. The summed E-state index contributed by atoms with van der Waals surface area (Å²) >= 11 is 6.15. The Morgan fingerprint density at radius 2 is 1.93 bits per heavy atom. The number of aromatic nitrogens is 1. The first-order chi connectivity index (χ1) is 13.9. The number of nitro benzene ring substituents is 1. The predicted molar refractivity (Wildman–Crippen MR) is 112 cm³/mol. The molecule has 148 valence electrons. The Kier molecular flexibility index (Phi) is 5.94. The molecule has 0 aliphatic rings. The molecule has 2 N–H and O–H groups in total. The summed E-state index contributed by atoms with van der Waals surface area (Å²) in [7, 11) is 1.56. The van der Waals surface area contributed by atoms with Gasteiger partial charge in [-0.2, -0.15) is 0 Å². The average Bonchev–Trinajstić information content (AvgIpc) is 2.71. The molecule has 0 fully saturated rings. The van der Waals surface area contributed by atoms with Gasteiger partial charge in [0.05, 0.1) is 17.2 Å². The van der Waals surface area contributed by atoms with E-state index in [9.17, 15) is 19.7 Å². The van der Waals surface area contributed by atoms with Crippen molar-refractivity contribution >= 4 is 34.6 Å². The summed E-state index contributed by atoms with van der Waals surface area (Å²) in [5, 5.41) is 17.1. The molecule has 9 heteroatoms. The first-order valence-corrected chi connectivity index (χ1v) is 8.98. The van der Waals surface area contributed by atoms with Gasteiger partial charge in [-0.3, -0.25) is 19.7 Å². The SMILES string of the molecule is CNc1ccc(C(=O)Nc2ccc(=O)n(Cc3ccccc3Cl)c2)cc1[N+](=O)[O-]. The van der Waals surface area contributed by atoms with Crippen molar-refractivity contribution in [3.63, 3.8) is 0 Å². The lowest BCUT2D eigenvalue weighted by molar-refractivity contribution is -0.384. The molecule has 0 unspecified atom stereocenters. The van der Waals surface area contributed by atoms with Crippen molar-refractivity contribution in [2.24, 2.45) is 0 Å². The van der Waals surface area contributed by atoms with Crippen molar-refractivity contribution in [3.8, 4) is 0 Å². The first kappa shape index (κ1) is 20.1. The molecule has 3 aromatic rings. The number of carbonyl (C=O) groups is 1. The number of pyridine rings is 1. The Labute approximate surface area is 170 Å². The maximum Gasteiger partial charge on any atom is 0.293 e. The van der Waals surface area contributed by atoms with E-state index in [1.54, 1.807) is 19.2 Å². The van der Waals surface area contributed by atoms with Crippen LogP contribution in [0.5, 0.6) is 0 Å². The molecule has 29 heavy (non-hydrogen) atoms. The fourth-order valence-corrected chi connectivity index (χ4v) is 2.97. The number of anilines is 2. The van der Waals surface area contributed by atoms with Crippen molar-refractivity contribution in [3.05, 3.63) is 97.4 Å². The number of carbonyl (C=O) groups excluding carboxylic acids is 1. The second kappa shape index (κ2) is 8.57. The Bertz CT molecular complexity index is 1140. The van der Waals surface area contributed by atoms with Crippen LogP contribution in [0.4, 0.5) is 17.1 Å². The summed E-state index contributed by atoms with van der Waals surface area (Å²) in [6.07, 6.45) is 1.50. The smallest absolute Gasteiger partial charge is 0.293 e. The number of halogens is 1. The highest BCUT2D eigenvalue weighted by Gasteiger charge is 2.17. The Morgan fingerprint density at radius 1 is 1.17 bits per heavy atom. The van der Waals surface area contributed by atoms with Gasteiger partial charge < -0.3 is 15.2 Å². The van der Waals surface area contributed by atoms with Crippen LogP contribution in [0.15, 0.2) is 65.6 Å². The molecule has 2 aromatic carbocycles. The number of nitrogens with zero attached hydrogens (tertiary/aromatic N) is 2. The molecule has 0 aliphatic heterocycles. The summed E-state index contributed by atoms with van der Waals surface area (Å²) in [4.78, 5) is 35.3. The molecule has 0 atom stereocenters. The molecule has 0 spiro atoms. The molecule has 0 aliphatic carbocycles. The molecule has 1 heterocycles. The van der Waals surface area contributed by atoms with Crippen molar-refractivity contribution < 1.29 is 9.72 Å². The van der Waals surface area contributed by atoms with E-state index in [1.165, 1.54) is 41.1 Å². The minimum Gasteiger partial charge on any atom is -0.383 e. The van der Waals surface area contributed by atoms with Crippen LogP contribution in [0.25, 0.3) is 0 Å². The molecule has 0 bridgehead atoms. The Morgan fingerprint density at radius 3 is 2.62 bits per heavy atom. The molecule has 0 saturated heterocycles. The monoisotopic (exact) mass is 412 g/mol. The number of amides is 1. The third-order valence-corrected chi connectivity index (χ3v) is 4.63. The predicted octanol–water partition coefficient (Wildman–Crippen LogP) is 3.75. The normalized spacial score (nSPS) is 10.4. The number of nitro groups is 1. The van der Waals surface area contributed by atoms with E-state index < -0.39 is 10.8 Å². The molecule has 8 nitrogen and oxygen atoms in total. The molecule has 0 radical (unpaired) electrons. The fourth-order valence-electron chi connectivity index (χ4n) is 2.78. The zero-order valence-corrected chi connectivity index (χ0v) is 16.1. The zero-order valence-electron chi connectivity index (χ0n) is 15.4. The Balaban J connectivity index is 1.84. The molecule has 1 amide bonds. The number of hydrogen-bond acceptors (Lipinski definition) is 5. The van der Waals surface area contributed by atoms with Gasteiger partial charge in [-0.1, -0.05) is 29.8 Å². The quantitative estimate of drug-likeness (QED) is 0.473. The Hall–Kier alpha value is -3.65. The second-order valence-corrected chi connectivity index (χ2v) is 6.58. The largest absolute Gasteiger partial charge is 0.383 e. The molecule has 3 rings (SSSR count). The van der Waals surface area contributed by atoms with Crippen LogP contribution in [0.3, 0.4) is 0 Å². The van der Waals surface area contributed by atoms with Crippen LogP contribution in [-0.4, -0.2) is 22.4 Å². The van der Waals surface area contributed by atoms with Gasteiger partial charge in [0.1, 0.15) is 5.69 Å². The van der Waals surface area contributed by atoms with E-state index in [0.717, 1.165) is 5.56 Å². The lowest BCUT2D eigenvalue weighted by atomic mass is 10.1. The van der Waals surface area contributed by atoms with Gasteiger partial charge in [-0.15, -0.1) is 0 Å². The van der Waals surface area contributed by atoms with Gasteiger partial charge >= 0.3 is 0 Å². The van der Waals surface area contributed by atoms with Crippen molar-refractivity contribution in [2.75, 3.05) is 17.7 Å². The molecule has 1 aromatic heterocycles. The summed E-state index contributed by atoms with van der Waals surface area (Å²) in [6.45, 7) is 0.241. The van der Waals surface area contributed by atoms with Crippen LogP contribution in [0.2, 0.25) is 5.02 Å². The lowest BCUT2D eigenvalue weighted by Gasteiger charge is -2.11. The van der Waals surface area contributed by atoms with Crippen LogP contribution in [0.1, 0.15) is 15.9 Å². The van der Waals surface area contributed by atoms with Crippen molar-refractivity contribution in [1.29, 1.82) is 0 Å². The van der Waals surface area contributed by atoms with Gasteiger partial charge in [0.25, 0.3) is 17.2 Å². The zero-order chi connectivity index (χ0) is 21.0. The van der Waals surface area contributed by atoms with E-state index in [1.807, 2.05) is 12.1 Å². The van der Waals surface area contributed by atoms with E-state index in [4.69, 9.17) is 11.6 Å². The van der Waals surface area contributed by atoms with Crippen molar-refractivity contribution in [1.82, 2.24) is 4.57 Å². The minimum absolute atomic E-state index is 0.125. The number of rotatable bonds is 6. The van der Waals surface area contributed by atoms with E-state index in [2.05, 4.69) is 10.6 Å². The van der Waals surface area contributed by atoms with Gasteiger partial charge in [0.15, 0.2) is 0 Å². The highest BCUT2D eigenvalue weighted by molar-refractivity contribution is 6.31. The lowest BCUT2D eigenvalue weighted by Crippen LogP contribution is -2.21. The molecule has 0 saturated carbocycles. The van der Waals surface area contributed by atoms with Gasteiger partial charge in [-0.25, -0.2) is 0 Å². The number of hydrogen-bond donors (Lipinski definition) is 2. The third kappa shape index (κ3) is 4.61. The summed E-state index contributed by atoms with van der Waals surface area (Å²) in [6, 6.07) is 14.1.